The fraction of sp³-hybridized carbons (Fsp3) is 0.500. The predicted octanol–water partition coefficient (Wildman–Crippen LogP) is 4.48. The van der Waals surface area contributed by atoms with Crippen LogP contribution in [0.5, 0.6) is 0 Å². The van der Waals surface area contributed by atoms with Crippen molar-refractivity contribution in [1.82, 2.24) is 0 Å². The summed E-state index contributed by atoms with van der Waals surface area (Å²) in [6.07, 6.45) is 3.70. The zero-order chi connectivity index (χ0) is 14.7. The molecule has 0 spiro atoms. The van der Waals surface area contributed by atoms with E-state index in [1.54, 1.807) is 0 Å². The molecule has 1 aromatic rings. The van der Waals surface area contributed by atoms with Crippen molar-refractivity contribution in [2.24, 2.45) is 11.8 Å². The summed E-state index contributed by atoms with van der Waals surface area (Å²) in [6.45, 7) is 2.18. The molecule has 0 amide bonds. The Hall–Kier alpha value is -1.40. The molecular weight excluding hydrogens is 277 g/mol. The van der Waals surface area contributed by atoms with Gasteiger partial charge in [0.15, 0.2) is 5.78 Å². The van der Waals surface area contributed by atoms with Crippen molar-refractivity contribution in [1.29, 1.82) is 5.26 Å². The molecule has 1 aliphatic carbocycles. The third-order valence-electron chi connectivity index (χ3n) is 4.11. The third kappa shape index (κ3) is 3.19. The molecule has 1 fully saturated rings. The molecule has 0 aliphatic heterocycles. The molecule has 1 aliphatic rings. The van der Waals surface area contributed by atoms with Crippen LogP contribution < -0.4 is 0 Å². The maximum Gasteiger partial charge on any atom is 0.157 e. The highest BCUT2D eigenvalue weighted by Crippen LogP contribution is 2.34. The molecular formula is C16H17ClFNO. The highest BCUT2D eigenvalue weighted by molar-refractivity contribution is 6.31. The molecule has 2 rings (SSSR count). The molecule has 20 heavy (non-hydrogen) atoms. The summed E-state index contributed by atoms with van der Waals surface area (Å²) in [7, 11) is 0. The Morgan fingerprint density at radius 3 is 2.60 bits per heavy atom. The first kappa shape index (κ1) is 15.0. The summed E-state index contributed by atoms with van der Waals surface area (Å²) >= 11 is 5.97. The van der Waals surface area contributed by atoms with Crippen LogP contribution in [0.25, 0.3) is 0 Å². The number of benzene rings is 1. The lowest BCUT2D eigenvalue weighted by Gasteiger charge is -2.26. The standard InChI is InChI=1S/C16H17ClFNO/c1-10-2-4-11(5-3-10)16(20)14(9-19)13-7-6-12(18)8-15(13)17/h6-8,10-11,14H,2-5H2,1H3. The minimum absolute atomic E-state index is 0.0723. The number of hydrogen-bond donors (Lipinski definition) is 0. The Morgan fingerprint density at radius 1 is 1.40 bits per heavy atom. The number of hydrogen-bond acceptors (Lipinski definition) is 2. The number of carbonyl (C=O) groups excluding carboxylic acids is 1. The molecule has 1 aromatic carbocycles. The van der Waals surface area contributed by atoms with Crippen molar-refractivity contribution in [3.05, 3.63) is 34.6 Å². The van der Waals surface area contributed by atoms with Crippen molar-refractivity contribution < 1.29 is 9.18 Å². The summed E-state index contributed by atoms with van der Waals surface area (Å²) in [5.41, 5.74) is 0.416. The average molecular weight is 294 g/mol. The van der Waals surface area contributed by atoms with Crippen molar-refractivity contribution in [3.63, 3.8) is 0 Å². The minimum Gasteiger partial charge on any atom is -0.298 e. The number of nitriles is 1. The lowest BCUT2D eigenvalue weighted by molar-refractivity contribution is -0.124. The molecule has 1 atom stereocenters. The molecule has 0 saturated heterocycles. The monoisotopic (exact) mass is 293 g/mol. The second-order valence-electron chi connectivity index (χ2n) is 5.59. The first-order valence-electron chi connectivity index (χ1n) is 6.91. The summed E-state index contributed by atoms with van der Waals surface area (Å²) < 4.78 is 13.1. The van der Waals surface area contributed by atoms with Gasteiger partial charge < -0.3 is 0 Å². The molecule has 106 valence electrons. The lowest BCUT2D eigenvalue weighted by Crippen LogP contribution is -2.25. The van der Waals surface area contributed by atoms with E-state index >= 15 is 0 Å². The summed E-state index contributed by atoms with van der Waals surface area (Å²) in [4.78, 5) is 12.5. The summed E-state index contributed by atoms with van der Waals surface area (Å²) in [5.74, 6) is -0.852. The zero-order valence-corrected chi connectivity index (χ0v) is 12.2. The van der Waals surface area contributed by atoms with E-state index in [2.05, 4.69) is 6.92 Å². The van der Waals surface area contributed by atoms with Gasteiger partial charge in [-0.1, -0.05) is 37.4 Å². The third-order valence-corrected chi connectivity index (χ3v) is 4.43. The van der Waals surface area contributed by atoms with Crippen molar-refractivity contribution in [2.45, 2.75) is 38.5 Å². The van der Waals surface area contributed by atoms with Gasteiger partial charge in [0.1, 0.15) is 11.7 Å². The first-order chi connectivity index (χ1) is 9.52. The second-order valence-corrected chi connectivity index (χ2v) is 5.99. The Kier molecular flexibility index (Phi) is 4.77. The van der Waals surface area contributed by atoms with Crippen LogP contribution in [0.3, 0.4) is 0 Å². The number of nitrogens with zero attached hydrogens (tertiary/aromatic N) is 1. The van der Waals surface area contributed by atoms with Crippen LogP contribution in [0, 0.1) is 29.0 Å². The molecule has 2 nitrogen and oxygen atoms in total. The average Bonchev–Trinajstić information content (AvgIpc) is 2.42. The van der Waals surface area contributed by atoms with Gasteiger partial charge in [0.05, 0.1) is 6.07 Å². The molecule has 0 N–H and O–H groups in total. The van der Waals surface area contributed by atoms with Gasteiger partial charge in [-0.2, -0.15) is 5.26 Å². The number of Topliss-reactive ketones (excluding diaryl/α,β-unsaturated/α-hetero) is 1. The van der Waals surface area contributed by atoms with E-state index in [1.807, 2.05) is 6.07 Å². The Labute approximate surface area is 123 Å². The second kappa shape index (κ2) is 6.37. The van der Waals surface area contributed by atoms with Gasteiger partial charge in [-0.3, -0.25) is 4.79 Å². The van der Waals surface area contributed by atoms with E-state index < -0.39 is 11.7 Å². The van der Waals surface area contributed by atoms with Crippen LogP contribution in [-0.2, 0) is 4.79 Å². The Morgan fingerprint density at radius 2 is 2.05 bits per heavy atom. The maximum atomic E-state index is 13.1. The largest absolute Gasteiger partial charge is 0.298 e. The van der Waals surface area contributed by atoms with Gasteiger partial charge in [0.25, 0.3) is 0 Å². The van der Waals surface area contributed by atoms with Crippen LogP contribution in [0.15, 0.2) is 18.2 Å². The van der Waals surface area contributed by atoms with Gasteiger partial charge in [0.2, 0.25) is 0 Å². The van der Waals surface area contributed by atoms with E-state index in [4.69, 9.17) is 11.6 Å². The van der Waals surface area contributed by atoms with Gasteiger partial charge in [-0.05, 0) is 36.5 Å². The van der Waals surface area contributed by atoms with Gasteiger partial charge in [-0.15, -0.1) is 0 Å². The molecule has 0 aromatic heterocycles. The van der Waals surface area contributed by atoms with Crippen molar-refractivity contribution in [3.8, 4) is 6.07 Å². The highest BCUT2D eigenvalue weighted by atomic mass is 35.5. The van der Waals surface area contributed by atoms with Gasteiger partial charge in [0, 0.05) is 10.9 Å². The van der Waals surface area contributed by atoms with E-state index in [0.717, 1.165) is 31.7 Å². The number of ketones is 1. The van der Waals surface area contributed by atoms with Crippen LogP contribution in [0.2, 0.25) is 5.02 Å². The number of carbonyl (C=O) groups is 1. The number of rotatable bonds is 3. The van der Waals surface area contributed by atoms with Crippen LogP contribution in [0.1, 0.15) is 44.1 Å². The Bertz CT molecular complexity index is 544. The molecule has 4 heteroatoms. The predicted molar refractivity (Wildman–Crippen MR) is 75.9 cm³/mol. The quantitative estimate of drug-likeness (QED) is 0.824. The SMILES string of the molecule is CC1CCC(C(=O)C(C#N)c2ccc(F)cc2Cl)CC1. The summed E-state index contributed by atoms with van der Waals surface area (Å²) in [5, 5.41) is 9.45. The minimum atomic E-state index is -0.887. The molecule has 1 saturated carbocycles. The van der Waals surface area contributed by atoms with Gasteiger partial charge in [-0.25, -0.2) is 4.39 Å². The van der Waals surface area contributed by atoms with Crippen LogP contribution >= 0.6 is 11.6 Å². The normalized spacial score (nSPS) is 23.9. The van der Waals surface area contributed by atoms with Crippen LogP contribution in [-0.4, -0.2) is 5.78 Å². The smallest absolute Gasteiger partial charge is 0.157 e. The molecule has 0 heterocycles. The zero-order valence-electron chi connectivity index (χ0n) is 11.4. The fourth-order valence-corrected chi connectivity index (χ4v) is 3.08. The highest BCUT2D eigenvalue weighted by Gasteiger charge is 2.31. The van der Waals surface area contributed by atoms with Crippen molar-refractivity contribution in [2.75, 3.05) is 0 Å². The van der Waals surface area contributed by atoms with Crippen molar-refractivity contribution >= 4 is 17.4 Å². The molecule has 1 unspecified atom stereocenters. The maximum absolute atomic E-state index is 13.1. The molecule has 0 bridgehead atoms. The number of halogens is 2. The van der Waals surface area contributed by atoms with E-state index in [0.29, 0.717) is 11.5 Å². The molecule has 0 radical (unpaired) electrons. The van der Waals surface area contributed by atoms with E-state index in [1.165, 1.54) is 12.1 Å². The fourth-order valence-electron chi connectivity index (χ4n) is 2.80. The van der Waals surface area contributed by atoms with Crippen LogP contribution in [0.4, 0.5) is 4.39 Å². The lowest BCUT2D eigenvalue weighted by atomic mass is 9.77. The van der Waals surface area contributed by atoms with Gasteiger partial charge >= 0.3 is 0 Å². The van der Waals surface area contributed by atoms with E-state index in [9.17, 15) is 14.4 Å². The van der Waals surface area contributed by atoms with E-state index in [-0.39, 0.29) is 16.7 Å². The first-order valence-corrected chi connectivity index (χ1v) is 7.29. The summed E-state index contributed by atoms with van der Waals surface area (Å²) in [6, 6.07) is 5.86. The Balaban J connectivity index is 2.20. The topological polar surface area (TPSA) is 40.9 Å².